The van der Waals surface area contributed by atoms with Gasteiger partial charge in [-0.05, 0) is 49.7 Å². The molecule has 0 amide bonds. The van der Waals surface area contributed by atoms with Crippen molar-refractivity contribution < 1.29 is 9.84 Å². The van der Waals surface area contributed by atoms with Crippen molar-refractivity contribution in [2.24, 2.45) is 11.8 Å². The topological polar surface area (TPSA) is 29.5 Å². The first-order valence-corrected chi connectivity index (χ1v) is 9.34. The minimum absolute atomic E-state index is 0.236. The molecule has 4 atom stereocenters. The molecule has 0 aromatic rings. The number of ether oxygens (including phenoxy) is 1. The predicted molar refractivity (Wildman–Crippen MR) is 104 cm³/mol. The molecule has 0 aromatic heterocycles. The molecule has 0 aliphatic rings. The van der Waals surface area contributed by atoms with Crippen LogP contribution in [0.15, 0.2) is 23.3 Å². The molecule has 2 heteroatoms. The summed E-state index contributed by atoms with van der Waals surface area (Å²) in [6.07, 6.45) is 8.75. The summed E-state index contributed by atoms with van der Waals surface area (Å²) < 4.78 is 5.45. The fourth-order valence-corrected chi connectivity index (χ4v) is 2.63. The Kier molecular flexibility index (Phi) is 16.0. The Balaban J connectivity index is 0. The van der Waals surface area contributed by atoms with Gasteiger partial charge >= 0.3 is 0 Å². The largest absolute Gasteiger partial charge is 0.388 e. The van der Waals surface area contributed by atoms with Crippen LogP contribution in [0.4, 0.5) is 0 Å². The van der Waals surface area contributed by atoms with Crippen LogP contribution in [0.1, 0.15) is 81.1 Å². The van der Waals surface area contributed by atoms with E-state index in [0.29, 0.717) is 17.9 Å². The zero-order valence-electron chi connectivity index (χ0n) is 17.1. The van der Waals surface area contributed by atoms with Crippen LogP contribution < -0.4 is 0 Å². The van der Waals surface area contributed by atoms with Crippen LogP contribution in [-0.2, 0) is 4.74 Å². The van der Waals surface area contributed by atoms with Gasteiger partial charge in [0.25, 0.3) is 0 Å². The van der Waals surface area contributed by atoms with Crippen LogP contribution in [0, 0.1) is 11.8 Å². The Morgan fingerprint density at radius 2 is 1.30 bits per heavy atom. The highest BCUT2D eigenvalue weighted by Crippen LogP contribution is 2.18. The average molecular weight is 327 g/mol. The van der Waals surface area contributed by atoms with Gasteiger partial charge in [0, 0.05) is 7.11 Å². The zero-order chi connectivity index (χ0) is 18.4. The minimum atomic E-state index is -0.236. The van der Waals surface area contributed by atoms with Crippen molar-refractivity contribution in [1.29, 1.82) is 0 Å². The molecular weight excluding hydrogens is 284 g/mol. The van der Waals surface area contributed by atoms with Gasteiger partial charge in [0.2, 0.25) is 0 Å². The molecule has 1 N–H and O–H groups in total. The molecule has 138 valence electrons. The van der Waals surface area contributed by atoms with Crippen LogP contribution in [-0.4, -0.2) is 24.4 Å². The maximum Gasteiger partial charge on any atom is 0.0803 e. The highest BCUT2D eigenvalue weighted by Gasteiger charge is 2.15. The molecule has 0 aromatic carbocycles. The van der Waals surface area contributed by atoms with Gasteiger partial charge < -0.3 is 9.84 Å². The Bertz CT molecular complexity index is 331. The molecule has 0 radical (unpaired) electrons. The number of aliphatic hydroxyl groups is 1. The summed E-state index contributed by atoms with van der Waals surface area (Å²) in [5.74, 6) is 1.01. The highest BCUT2D eigenvalue weighted by molar-refractivity contribution is 5.06. The molecular formula is C21H42O2. The molecule has 0 saturated carbocycles. The summed E-state index contributed by atoms with van der Waals surface area (Å²) in [5, 5.41) is 9.65. The van der Waals surface area contributed by atoms with Gasteiger partial charge in [-0.25, -0.2) is 0 Å². The van der Waals surface area contributed by atoms with E-state index >= 15 is 0 Å². The molecule has 0 bridgehead atoms. The van der Waals surface area contributed by atoms with Crippen molar-refractivity contribution in [3.8, 4) is 0 Å². The highest BCUT2D eigenvalue weighted by atomic mass is 16.5. The van der Waals surface area contributed by atoms with Crippen LogP contribution in [0.3, 0.4) is 0 Å². The van der Waals surface area contributed by atoms with Gasteiger partial charge in [0.1, 0.15) is 0 Å². The molecule has 0 rings (SSSR count). The molecule has 0 spiro atoms. The Morgan fingerprint density at radius 1 is 0.870 bits per heavy atom. The van der Waals surface area contributed by atoms with E-state index < -0.39 is 0 Å². The van der Waals surface area contributed by atoms with E-state index in [1.54, 1.807) is 7.11 Å². The second-order valence-corrected chi connectivity index (χ2v) is 6.58. The second kappa shape index (κ2) is 15.0. The second-order valence-electron chi connectivity index (χ2n) is 6.58. The molecule has 0 heterocycles. The van der Waals surface area contributed by atoms with E-state index in [-0.39, 0.29) is 6.10 Å². The quantitative estimate of drug-likeness (QED) is 0.515. The Morgan fingerprint density at radius 3 is 1.65 bits per heavy atom. The van der Waals surface area contributed by atoms with Gasteiger partial charge in [-0.1, -0.05) is 66.5 Å². The van der Waals surface area contributed by atoms with Crippen LogP contribution in [0.5, 0.6) is 0 Å². The third-order valence-corrected chi connectivity index (χ3v) is 4.57. The lowest BCUT2D eigenvalue weighted by atomic mass is 9.95. The first-order chi connectivity index (χ1) is 10.8. The lowest BCUT2D eigenvalue weighted by Crippen LogP contribution is -2.21. The standard InChI is InChI=1S/C11H22O.C10H20O/c1-6-8-10(4)11(12-5)9(3)7-2;1-5-7-9(4)10(11)8(3)6-2/h8-9,11H,6-7H2,1-5H3;7-8,10-11H,5-6H2,1-4H3. The number of rotatable bonds is 9. The van der Waals surface area contributed by atoms with E-state index in [9.17, 15) is 5.11 Å². The van der Waals surface area contributed by atoms with E-state index in [1.165, 1.54) is 12.0 Å². The summed E-state index contributed by atoms with van der Waals surface area (Å²) >= 11 is 0. The maximum absolute atomic E-state index is 9.65. The average Bonchev–Trinajstić information content (AvgIpc) is 2.54. The summed E-state index contributed by atoms with van der Waals surface area (Å²) in [6, 6.07) is 0. The SMILES string of the molecule is CCC=C(C)C(O)C(C)CC.CCC=C(C)C(OC)C(C)CC. The lowest BCUT2D eigenvalue weighted by molar-refractivity contribution is 0.0854. The van der Waals surface area contributed by atoms with Gasteiger partial charge in [-0.2, -0.15) is 0 Å². The van der Waals surface area contributed by atoms with Crippen molar-refractivity contribution in [2.45, 2.75) is 93.3 Å². The fourth-order valence-electron chi connectivity index (χ4n) is 2.63. The first kappa shape index (κ1) is 24.6. The molecule has 4 unspecified atom stereocenters. The summed E-state index contributed by atoms with van der Waals surface area (Å²) in [4.78, 5) is 0. The van der Waals surface area contributed by atoms with Gasteiger partial charge in [0.05, 0.1) is 12.2 Å². The van der Waals surface area contributed by atoms with Gasteiger partial charge in [-0.15, -0.1) is 0 Å². The van der Waals surface area contributed by atoms with Crippen molar-refractivity contribution >= 4 is 0 Å². The normalized spacial score (nSPS) is 17.8. The summed E-state index contributed by atoms with van der Waals surface area (Å²) in [5.41, 5.74) is 2.48. The zero-order valence-corrected chi connectivity index (χ0v) is 17.1. The van der Waals surface area contributed by atoms with Crippen molar-refractivity contribution in [2.75, 3.05) is 7.11 Å². The van der Waals surface area contributed by atoms with E-state index in [0.717, 1.165) is 24.8 Å². The molecule has 0 aliphatic heterocycles. The summed E-state index contributed by atoms with van der Waals surface area (Å²) in [7, 11) is 1.80. The monoisotopic (exact) mass is 326 g/mol. The third kappa shape index (κ3) is 10.7. The van der Waals surface area contributed by atoms with Gasteiger partial charge in [0.15, 0.2) is 0 Å². The lowest BCUT2D eigenvalue weighted by Gasteiger charge is -2.22. The number of hydrogen-bond donors (Lipinski definition) is 1. The van der Waals surface area contributed by atoms with E-state index in [1.807, 2.05) is 6.92 Å². The van der Waals surface area contributed by atoms with Crippen LogP contribution in [0.2, 0.25) is 0 Å². The van der Waals surface area contributed by atoms with E-state index in [4.69, 9.17) is 4.74 Å². The van der Waals surface area contributed by atoms with Gasteiger partial charge in [-0.3, -0.25) is 0 Å². The minimum Gasteiger partial charge on any atom is -0.388 e. The third-order valence-electron chi connectivity index (χ3n) is 4.57. The number of allylic oxidation sites excluding steroid dienone is 2. The van der Waals surface area contributed by atoms with Crippen LogP contribution >= 0.6 is 0 Å². The van der Waals surface area contributed by atoms with Crippen molar-refractivity contribution in [3.05, 3.63) is 23.3 Å². The molecule has 0 aliphatic carbocycles. The maximum atomic E-state index is 9.65. The Hall–Kier alpha value is -0.600. The fraction of sp³-hybridized carbons (Fsp3) is 0.810. The van der Waals surface area contributed by atoms with Crippen LogP contribution in [0.25, 0.3) is 0 Å². The van der Waals surface area contributed by atoms with Crippen molar-refractivity contribution in [3.63, 3.8) is 0 Å². The molecule has 23 heavy (non-hydrogen) atoms. The summed E-state index contributed by atoms with van der Waals surface area (Å²) in [6.45, 7) is 17.0. The van der Waals surface area contributed by atoms with E-state index in [2.05, 4.69) is 60.6 Å². The molecule has 2 nitrogen and oxygen atoms in total. The first-order valence-electron chi connectivity index (χ1n) is 9.34. The predicted octanol–water partition coefficient (Wildman–Crippen LogP) is 6.15. The molecule has 0 saturated heterocycles. The number of aliphatic hydroxyl groups excluding tert-OH is 1. The Labute approximate surface area is 146 Å². The number of methoxy groups -OCH3 is 1. The number of hydrogen-bond acceptors (Lipinski definition) is 2. The smallest absolute Gasteiger partial charge is 0.0803 e. The molecule has 0 fully saturated rings. The van der Waals surface area contributed by atoms with Crippen molar-refractivity contribution in [1.82, 2.24) is 0 Å².